The monoisotopic (exact) mass is 200 g/mol. The number of carbonyl (C=O) groups is 1. The Hall–Kier alpha value is -0.370. The van der Waals surface area contributed by atoms with Crippen LogP contribution in [0.15, 0.2) is 0 Å². The van der Waals surface area contributed by atoms with E-state index >= 15 is 0 Å². The van der Waals surface area contributed by atoms with Crippen LogP contribution < -0.4 is 0 Å². The average molecular weight is 200 g/mol. The molecule has 0 spiro atoms. The van der Waals surface area contributed by atoms with Gasteiger partial charge < -0.3 is 5.11 Å². The zero-order valence-electron chi connectivity index (χ0n) is 9.92. The quantitative estimate of drug-likeness (QED) is 0.686. The summed E-state index contributed by atoms with van der Waals surface area (Å²) in [4.78, 5) is 11.3. The van der Waals surface area contributed by atoms with Gasteiger partial charge in [-0.1, -0.05) is 33.6 Å². The molecule has 84 valence electrons. The highest BCUT2D eigenvalue weighted by molar-refractivity contribution is 5.78. The average Bonchev–Trinajstić information content (AvgIpc) is 2.09. The number of ketones is 1. The normalized spacial score (nSPS) is 15.6. The molecule has 2 heteroatoms. The van der Waals surface area contributed by atoms with E-state index in [9.17, 15) is 9.90 Å². The molecule has 0 rings (SSSR count). The smallest absolute Gasteiger partial charge is 0.135 e. The number of unbranched alkanes of at least 4 members (excludes halogenated alkanes) is 1. The van der Waals surface area contributed by atoms with E-state index in [1.807, 2.05) is 0 Å². The molecule has 2 atom stereocenters. The number of hydrogen-bond acceptors (Lipinski definition) is 2. The van der Waals surface area contributed by atoms with Crippen LogP contribution in [0.5, 0.6) is 0 Å². The maximum absolute atomic E-state index is 11.3. The second kappa shape index (κ2) is 6.99. The molecule has 0 radical (unpaired) electrons. The van der Waals surface area contributed by atoms with E-state index in [2.05, 4.69) is 20.8 Å². The number of rotatable bonds is 7. The number of Topliss-reactive ketones (excluding diaryl/α,β-unsaturated/α-hetero) is 1. The van der Waals surface area contributed by atoms with Crippen molar-refractivity contribution in [1.82, 2.24) is 0 Å². The SMILES string of the molecule is CCCC[C@H](O)[C@@H](CC(C)C)C(C)=O. The minimum atomic E-state index is -0.435. The molecule has 0 aromatic heterocycles. The molecule has 0 unspecified atom stereocenters. The lowest BCUT2D eigenvalue weighted by molar-refractivity contribution is -0.125. The Balaban J connectivity index is 4.11. The zero-order chi connectivity index (χ0) is 11.1. The van der Waals surface area contributed by atoms with E-state index < -0.39 is 6.10 Å². The van der Waals surface area contributed by atoms with Crippen LogP contribution in [-0.2, 0) is 4.79 Å². The lowest BCUT2D eigenvalue weighted by Gasteiger charge is -2.21. The molecule has 0 aromatic rings. The maximum Gasteiger partial charge on any atom is 0.135 e. The first-order valence-electron chi connectivity index (χ1n) is 5.67. The Morgan fingerprint density at radius 1 is 1.36 bits per heavy atom. The molecule has 0 bridgehead atoms. The van der Waals surface area contributed by atoms with Gasteiger partial charge in [0.15, 0.2) is 0 Å². The molecule has 0 heterocycles. The third kappa shape index (κ3) is 5.38. The highest BCUT2D eigenvalue weighted by Gasteiger charge is 2.23. The third-order valence-electron chi connectivity index (χ3n) is 2.57. The molecule has 0 saturated heterocycles. The van der Waals surface area contributed by atoms with Crippen LogP contribution in [-0.4, -0.2) is 17.0 Å². The molecule has 0 aliphatic heterocycles. The van der Waals surface area contributed by atoms with Crippen LogP contribution >= 0.6 is 0 Å². The van der Waals surface area contributed by atoms with Crippen LogP contribution in [0.2, 0.25) is 0 Å². The standard InChI is InChI=1S/C12H24O2/c1-5-6-7-12(14)11(10(4)13)8-9(2)3/h9,11-12,14H,5-8H2,1-4H3/t11-,12-/m0/s1. The van der Waals surface area contributed by atoms with E-state index in [0.29, 0.717) is 5.92 Å². The highest BCUT2D eigenvalue weighted by Crippen LogP contribution is 2.20. The van der Waals surface area contributed by atoms with Gasteiger partial charge in [0.2, 0.25) is 0 Å². The van der Waals surface area contributed by atoms with Gasteiger partial charge in [-0.25, -0.2) is 0 Å². The third-order valence-corrected chi connectivity index (χ3v) is 2.57. The number of hydrogen-bond donors (Lipinski definition) is 1. The molecule has 14 heavy (non-hydrogen) atoms. The van der Waals surface area contributed by atoms with Crippen molar-refractivity contribution in [3.05, 3.63) is 0 Å². The predicted molar refractivity (Wildman–Crippen MR) is 59.2 cm³/mol. The van der Waals surface area contributed by atoms with Gasteiger partial charge in [0.25, 0.3) is 0 Å². The summed E-state index contributed by atoms with van der Waals surface area (Å²) in [5.74, 6) is 0.448. The first-order chi connectivity index (χ1) is 6.49. The molecule has 0 saturated carbocycles. The molecular weight excluding hydrogens is 176 g/mol. The van der Waals surface area contributed by atoms with Gasteiger partial charge in [-0.05, 0) is 25.7 Å². The van der Waals surface area contributed by atoms with Gasteiger partial charge in [-0.3, -0.25) is 4.79 Å². The molecular formula is C12H24O2. The minimum Gasteiger partial charge on any atom is -0.392 e. The van der Waals surface area contributed by atoms with E-state index in [1.54, 1.807) is 6.92 Å². The van der Waals surface area contributed by atoms with Crippen LogP contribution in [0.4, 0.5) is 0 Å². The van der Waals surface area contributed by atoms with Crippen molar-refractivity contribution >= 4 is 5.78 Å². The number of aliphatic hydroxyl groups is 1. The summed E-state index contributed by atoms with van der Waals surface area (Å²) in [6.45, 7) is 7.85. The van der Waals surface area contributed by atoms with Gasteiger partial charge in [-0.2, -0.15) is 0 Å². The summed E-state index contributed by atoms with van der Waals surface area (Å²) in [5.41, 5.74) is 0. The Morgan fingerprint density at radius 2 is 1.93 bits per heavy atom. The maximum atomic E-state index is 11.3. The van der Waals surface area contributed by atoms with Crippen molar-refractivity contribution in [2.75, 3.05) is 0 Å². The van der Waals surface area contributed by atoms with E-state index in [1.165, 1.54) is 0 Å². The summed E-state index contributed by atoms with van der Waals surface area (Å²) < 4.78 is 0. The van der Waals surface area contributed by atoms with Crippen molar-refractivity contribution in [1.29, 1.82) is 0 Å². The summed E-state index contributed by atoms with van der Waals surface area (Å²) in [6, 6.07) is 0. The second-order valence-corrected chi connectivity index (χ2v) is 4.56. The topological polar surface area (TPSA) is 37.3 Å². The molecule has 2 nitrogen and oxygen atoms in total. The van der Waals surface area contributed by atoms with Gasteiger partial charge in [0.05, 0.1) is 6.10 Å². The van der Waals surface area contributed by atoms with Gasteiger partial charge in [0, 0.05) is 5.92 Å². The van der Waals surface area contributed by atoms with Crippen molar-refractivity contribution in [2.45, 2.75) is 59.5 Å². The lowest BCUT2D eigenvalue weighted by Crippen LogP contribution is -2.28. The largest absolute Gasteiger partial charge is 0.392 e. The van der Waals surface area contributed by atoms with Crippen LogP contribution in [0.3, 0.4) is 0 Å². The fraction of sp³-hybridized carbons (Fsp3) is 0.917. The first kappa shape index (κ1) is 13.6. The second-order valence-electron chi connectivity index (χ2n) is 4.56. The Kier molecular flexibility index (Phi) is 6.81. The summed E-state index contributed by atoms with van der Waals surface area (Å²) in [7, 11) is 0. The summed E-state index contributed by atoms with van der Waals surface area (Å²) >= 11 is 0. The van der Waals surface area contributed by atoms with Gasteiger partial charge >= 0.3 is 0 Å². The lowest BCUT2D eigenvalue weighted by atomic mass is 9.87. The Labute approximate surface area is 87.7 Å². The van der Waals surface area contributed by atoms with Crippen LogP contribution in [0.25, 0.3) is 0 Å². The van der Waals surface area contributed by atoms with E-state index in [-0.39, 0.29) is 11.7 Å². The first-order valence-corrected chi connectivity index (χ1v) is 5.67. The van der Waals surface area contributed by atoms with Crippen LogP contribution in [0, 0.1) is 11.8 Å². The predicted octanol–water partition coefficient (Wildman–Crippen LogP) is 2.79. The van der Waals surface area contributed by atoms with Crippen molar-refractivity contribution in [3.8, 4) is 0 Å². The molecule has 0 aliphatic rings. The zero-order valence-corrected chi connectivity index (χ0v) is 9.92. The molecule has 0 aromatic carbocycles. The molecule has 0 amide bonds. The van der Waals surface area contributed by atoms with Crippen molar-refractivity contribution < 1.29 is 9.90 Å². The fourth-order valence-corrected chi connectivity index (χ4v) is 1.72. The number of carbonyl (C=O) groups excluding carboxylic acids is 1. The van der Waals surface area contributed by atoms with Gasteiger partial charge in [-0.15, -0.1) is 0 Å². The van der Waals surface area contributed by atoms with Crippen molar-refractivity contribution in [3.63, 3.8) is 0 Å². The van der Waals surface area contributed by atoms with Crippen LogP contribution in [0.1, 0.15) is 53.4 Å². The van der Waals surface area contributed by atoms with E-state index in [4.69, 9.17) is 0 Å². The summed E-state index contributed by atoms with van der Waals surface area (Å²) in [5, 5.41) is 9.84. The molecule has 1 N–H and O–H groups in total. The number of aliphatic hydroxyl groups excluding tert-OH is 1. The fourth-order valence-electron chi connectivity index (χ4n) is 1.72. The Morgan fingerprint density at radius 3 is 2.29 bits per heavy atom. The van der Waals surface area contributed by atoms with Gasteiger partial charge in [0.1, 0.15) is 5.78 Å². The molecule has 0 fully saturated rings. The van der Waals surface area contributed by atoms with Crippen molar-refractivity contribution in [2.24, 2.45) is 11.8 Å². The minimum absolute atomic E-state index is 0.127. The summed E-state index contributed by atoms with van der Waals surface area (Å²) in [6.07, 6.45) is 3.20. The Bertz CT molecular complexity index is 164. The highest BCUT2D eigenvalue weighted by atomic mass is 16.3. The van der Waals surface area contributed by atoms with E-state index in [0.717, 1.165) is 25.7 Å². The molecule has 0 aliphatic carbocycles.